The Labute approximate surface area is 318 Å². The Morgan fingerprint density at radius 1 is 0.519 bits per heavy atom. The van der Waals surface area contributed by atoms with Crippen molar-refractivity contribution < 1.29 is 4.42 Å². The van der Waals surface area contributed by atoms with Gasteiger partial charge in [-0.25, -0.2) is 0 Å². The summed E-state index contributed by atoms with van der Waals surface area (Å²) in [6.07, 6.45) is 6.18. The van der Waals surface area contributed by atoms with Crippen LogP contribution in [0.5, 0.6) is 0 Å². The third-order valence-corrected chi connectivity index (χ3v) is 11.5. The lowest BCUT2D eigenvalue weighted by atomic mass is 9.93. The van der Waals surface area contributed by atoms with Crippen LogP contribution in [0.25, 0.3) is 92.8 Å². The van der Waals surface area contributed by atoms with Crippen LogP contribution in [0.2, 0.25) is 0 Å². The van der Waals surface area contributed by atoms with Crippen LogP contribution < -0.4 is 10.6 Å². The average Bonchev–Trinajstić information content (AvgIpc) is 3.74. The van der Waals surface area contributed by atoms with E-state index in [1.165, 1.54) is 30.9 Å². The van der Waals surface area contributed by atoms with Gasteiger partial charge in [0.25, 0.3) is 0 Å². The maximum Gasteiger partial charge on any atom is 0.144 e. The number of rotatable bonds is 6. The van der Waals surface area contributed by atoms with Gasteiger partial charge in [0.05, 0.1) is 0 Å². The quantitative estimate of drug-likeness (QED) is 0.157. The second-order valence-corrected chi connectivity index (χ2v) is 14.6. The zero-order chi connectivity index (χ0) is 36.8. The highest BCUT2D eigenvalue weighted by Gasteiger charge is 2.15. The van der Waals surface area contributed by atoms with Gasteiger partial charge in [0.2, 0.25) is 0 Å². The van der Waals surface area contributed by atoms with Crippen molar-refractivity contribution in [3.8, 4) is 0 Å². The van der Waals surface area contributed by atoms with Gasteiger partial charge in [0, 0.05) is 36.2 Å². The van der Waals surface area contributed by atoms with Crippen molar-refractivity contribution in [2.24, 2.45) is 0 Å². The monoisotopic (exact) mass is 708 g/mol. The number of allylic oxidation sites excluding steroid dienone is 5. The van der Waals surface area contributed by atoms with Gasteiger partial charge in [0.1, 0.15) is 11.0 Å². The van der Waals surface area contributed by atoms with E-state index in [9.17, 15) is 0 Å². The SMILES string of the molecule is C=C/C(=C\C(=C)c1ccccccc(C(=C)/C=c2\c(=C)oc3c2ccc2ccc4c5ccccc5sc4c23)c2ccccc12)c1cccc2ccccc12. The van der Waals surface area contributed by atoms with Gasteiger partial charge in [0.15, 0.2) is 0 Å². The lowest BCUT2D eigenvalue weighted by Crippen LogP contribution is -2.18. The van der Waals surface area contributed by atoms with Crippen LogP contribution in [0, 0.1) is 0 Å². The van der Waals surface area contributed by atoms with Crippen molar-refractivity contribution in [1.29, 1.82) is 0 Å². The van der Waals surface area contributed by atoms with Gasteiger partial charge in [-0.1, -0.05) is 172 Å². The summed E-state index contributed by atoms with van der Waals surface area (Å²) in [6, 6.07) is 53.2. The number of thiophene rings is 1. The van der Waals surface area contributed by atoms with E-state index in [0.29, 0.717) is 5.42 Å². The molecule has 0 aliphatic rings. The lowest BCUT2D eigenvalue weighted by molar-refractivity contribution is 0.580. The van der Waals surface area contributed by atoms with Crippen molar-refractivity contribution in [1.82, 2.24) is 0 Å². The van der Waals surface area contributed by atoms with Gasteiger partial charge in [-0.05, 0) is 84.6 Å². The van der Waals surface area contributed by atoms with E-state index in [1.807, 2.05) is 29.5 Å². The van der Waals surface area contributed by atoms with Gasteiger partial charge < -0.3 is 4.42 Å². The van der Waals surface area contributed by atoms with Crippen LogP contribution in [-0.4, -0.2) is 0 Å². The highest BCUT2D eigenvalue weighted by molar-refractivity contribution is 7.26. The molecule has 0 aliphatic carbocycles. The molecule has 9 aromatic rings. The molecule has 2 aromatic heterocycles. The minimum absolute atomic E-state index is 0.619. The molecule has 0 saturated carbocycles. The zero-order valence-corrected chi connectivity index (χ0v) is 30.6. The molecule has 7 aromatic carbocycles. The summed E-state index contributed by atoms with van der Waals surface area (Å²) < 4.78 is 9.06. The van der Waals surface area contributed by atoms with Crippen LogP contribution in [0.15, 0.2) is 188 Å². The van der Waals surface area contributed by atoms with Crippen molar-refractivity contribution in [3.63, 3.8) is 0 Å². The second kappa shape index (κ2) is 13.7. The van der Waals surface area contributed by atoms with Gasteiger partial charge in [-0.2, -0.15) is 0 Å². The molecule has 2 heteroatoms. The highest BCUT2D eigenvalue weighted by Crippen LogP contribution is 2.40. The molecule has 0 aliphatic heterocycles. The average molecular weight is 709 g/mol. The molecular formula is C52H36OS. The summed E-state index contributed by atoms with van der Waals surface area (Å²) >= 11 is 1.81. The predicted molar refractivity (Wildman–Crippen MR) is 238 cm³/mol. The molecule has 0 spiro atoms. The second-order valence-electron chi connectivity index (χ2n) is 13.5. The van der Waals surface area contributed by atoms with E-state index in [4.69, 9.17) is 4.42 Å². The minimum atomic E-state index is 0.619. The fraction of sp³-hybridized carbons (Fsp3) is 0. The molecule has 9 rings (SSSR count). The zero-order valence-electron chi connectivity index (χ0n) is 29.8. The van der Waals surface area contributed by atoms with E-state index in [-0.39, 0.29) is 0 Å². The topological polar surface area (TPSA) is 13.1 Å². The first-order chi connectivity index (χ1) is 26.5. The number of fused-ring (bicyclic) bond motifs is 9. The Morgan fingerprint density at radius 2 is 1.11 bits per heavy atom. The summed E-state index contributed by atoms with van der Waals surface area (Å²) in [5.74, 6) is 0. The fourth-order valence-electron chi connectivity index (χ4n) is 7.73. The molecule has 0 amide bonds. The van der Waals surface area contributed by atoms with Gasteiger partial charge in [-0.3, -0.25) is 0 Å². The standard InChI is InChI=1S/C52H36OS/c1-5-36(41-25-16-18-37-17-10-11-21-42(37)41)31-33(2)39-19-8-6-7-9-20-40(44-23-13-12-22-43(39)44)34(3)32-48-35(4)53-51-46(48)29-27-38-28-30-47-45-24-14-15-26-49(45)54-52(47)50(38)51/h5-32H,1-4H2/b7-6?,8-6?,9-7?,19-8?,20-9?,36-31+,39-19?,40-20?,43-39?,44-40?,48-32+. The van der Waals surface area contributed by atoms with Crippen LogP contribution in [-0.2, 0) is 0 Å². The maximum atomic E-state index is 6.56. The molecule has 0 radical (unpaired) electrons. The summed E-state index contributed by atoms with van der Waals surface area (Å²) in [5.41, 5.74) is 7.36. The molecule has 1 nitrogen and oxygen atoms in total. The minimum Gasteiger partial charge on any atom is -0.456 e. The van der Waals surface area contributed by atoms with Crippen molar-refractivity contribution in [3.05, 3.63) is 211 Å². The first-order valence-electron chi connectivity index (χ1n) is 18.0. The first kappa shape index (κ1) is 33.1. The first-order valence-corrected chi connectivity index (χ1v) is 18.8. The normalized spacial score (nSPS) is 12.2. The van der Waals surface area contributed by atoms with Crippen molar-refractivity contribution in [2.45, 2.75) is 0 Å². The predicted octanol–water partition coefficient (Wildman–Crippen LogP) is 13.6. The van der Waals surface area contributed by atoms with E-state index >= 15 is 0 Å². The Balaban J connectivity index is 1.22. The Kier molecular flexibility index (Phi) is 8.38. The summed E-state index contributed by atoms with van der Waals surface area (Å²) in [6.45, 7) is 17.9. The summed E-state index contributed by atoms with van der Waals surface area (Å²) in [5, 5.41) is 11.2. The molecule has 256 valence electrons. The fourth-order valence-corrected chi connectivity index (χ4v) is 8.99. The molecule has 0 N–H and O–H groups in total. The largest absolute Gasteiger partial charge is 0.456 e. The van der Waals surface area contributed by atoms with Gasteiger partial charge in [-0.15, -0.1) is 11.3 Å². The number of hydrogen-bond acceptors (Lipinski definition) is 2. The number of furan rings is 1. The van der Waals surface area contributed by atoms with E-state index in [0.717, 1.165) is 71.1 Å². The van der Waals surface area contributed by atoms with E-state index in [1.54, 1.807) is 0 Å². The number of benzene rings is 6. The lowest BCUT2D eigenvalue weighted by Gasteiger charge is -2.11. The summed E-state index contributed by atoms with van der Waals surface area (Å²) in [4.78, 5) is 0. The van der Waals surface area contributed by atoms with E-state index in [2.05, 4.69) is 178 Å². The molecule has 2 heterocycles. The third-order valence-electron chi connectivity index (χ3n) is 10.3. The molecule has 0 saturated heterocycles. The Bertz CT molecular complexity index is 3230. The van der Waals surface area contributed by atoms with Crippen LogP contribution in [0.3, 0.4) is 0 Å². The van der Waals surface area contributed by atoms with E-state index < -0.39 is 0 Å². The molecular weight excluding hydrogens is 673 g/mol. The molecule has 0 bridgehead atoms. The third kappa shape index (κ3) is 5.65. The van der Waals surface area contributed by atoms with Gasteiger partial charge >= 0.3 is 0 Å². The summed E-state index contributed by atoms with van der Waals surface area (Å²) in [7, 11) is 0. The molecule has 54 heavy (non-hydrogen) atoms. The smallest absolute Gasteiger partial charge is 0.144 e. The Morgan fingerprint density at radius 3 is 1.85 bits per heavy atom. The van der Waals surface area contributed by atoms with Crippen LogP contribution in [0.1, 0.15) is 16.7 Å². The van der Waals surface area contributed by atoms with Crippen LogP contribution >= 0.6 is 11.3 Å². The highest BCUT2D eigenvalue weighted by atomic mass is 32.1. The van der Waals surface area contributed by atoms with Crippen LogP contribution in [0.4, 0.5) is 0 Å². The van der Waals surface area contributed by atoms with Crippen molar-refractivity contribution >= 4 is 104 Å². The number of hydrogen-bond donors (Lipinski definition) is 0. The Hall–Kier alpha value is -6.74. The molecule has 0 unspecified atom stereocenters. The van der Waals surface area contributed by atoms with Crippen molar-refractivity contribution in [2.75, 3.05) is 0 Å². The maximum absolute atomic E-state index is 6.56. The molecule has 0 atom stereocenters. The molecule has 0 fully saturated rings.